The van der Waals surface area contributed by atoms with Crippen LogP contribution >= 0.6 is 0 Å². The number of allylic oxidation sites excluding steroid dienone is 4. The molecule has 0 aromatic carbocycles. The number of fused-ring (bicyclic) bond motifs is 1. The van der Waals surface area contributed by atoms with E-state index in [1.54, 1.807) is 0 Å². The second kappa shape index (κ2) is 7.63. The fourth-order valence-electron chi connectivity index (χ4n) is 4.82. The molecule has 0 amide bonds. The molecule has 2 fully saturated rings. The predicted molar refractivity (Wildman–Crippen MR) is 103 cm³/mol. The van der Waals surface area contributed by atoms with Crippen molar-refractivity contribution in [1.82, 2.24) is 10.2 Å². The topological polar surface area (TPSA) is 15.3 Å². The van der Waals surface area contributed by atoms with E-state index in [0.29, 0.717) is 11.8 Å². The maximum atomic E-state index is 4.42. The second-order valence-electron chi connectivity index (χ2n) is 8.13. The highest BCUT2D eigenvalue weighted by Gasteiger charge is 2.32. The van der Waals surface area contributed by atoms with Crippen LogP contribution in [0.5, 0.6) is 0 Å². The van der Waals surface area contributed by atoms with Gasteiger partial charge in [-0.25, -0.2) is 0 Å². The summed E-state index contributed by atoms with van der Waals surface area (Å²) in [5, 5.41) is 3.42. The first-order chi connectivity index (χ1) is 11.6. The van der Waals surface area contributed by atoms with Crippen molar-refractivity contribution in [3.05, 3.63) is 49.0 Å². The van der Waals surface area contributed by atoms with Crippen molar-refractivity contribution in [1.29, 1.82) is 0 Å². The molecule has 1 aliphatic carbocycles. The SMILES string of the molecule is C=CC1CCC(CCC(=C)N2CCC3C(=C)NC(C)=CC3C2)CC1. The molecule has 1 saturated heterocycles. The number of likely N-dealkylation sites (tertiary alicyclic amines) is 1. The van der Waals surface area contributed by atoms with Crippen LogP contribution in [0.4, 0.5) is 0 Å². The maximum absolute atomic E-state index is 4.42. The van der Waals surface area contributed by atoms with Crippen LogP contribution in [0.3, 0.4) is 0 Å². The molecule has 2 unspecified atom stereocenters. The van der Waals surface area contributed by atoms with E-state index in [1.165, 1.54) is 62.0 Å². The van der Waals surface area contributed by atoms with Gasteiger partial charge < -0.3 is 10.2 Å². The van der Waals surface area contributed by atoms with Gasteiger partial charge in [0.1, 0.15) is 0 Å². The van der Waals surface area contributed by atoms with Gasteiger partial charge in [0.2, 0.25) is 0 Å². The third kappa shape index (κ3) is 3.96. The number of nitrogens with one attached hydrogen (secondary N) is 1. The Labute approximate surface area is 148 Å². The predicted octanol–water partition coefficient (Wildman–Crippen LogP) is 5.23. The number of rotatable bonds is 5. The molecule has 1 saturated carbocycles. The molecule has 132 valence electrons. The van der Waals surface area contributed by atoms with E-state index in [1.807, 2.05) is 0 Å². The number of hydrogen-bond donors (Lipinski definition) is 1. The Hall–Kier alpha value is -1.44. The summed E-state index contributed by atoms with van der Waals surface area (Å²) in [6.45, 7) is 17.0. The van der Waals surface area contributed by atoms with Gasteiger partial charge in [0.05, 0.1) is 0 Å². The van der Waals surface area contributed by atoms with Crippen LogP contribution in [-0.4, -0.2) is 18.0 Å². The smallest absolute Gasteiger partial charge is 0.0244 e. The largest absolute Gasteiger partial charge is 0.375 e. The Morgan fingerprint density at radius 2 is 2.04 bits per heavy atom. The molecule has 0 spiro atoms. The molecule has 0 bridgehead atoms. The highest BCUT2D eigenvalue weighted by molar-refractivity contribution is 5.21. The highest BCUT2D eigenvalue weighted by atomic mass is 15.1. The minimum atomic E-state index is 0.604. The van der Waals surface area contributed by atoms with Gasteiger partial charge in [0.15, 0.2) is 0 Å². The van der Waals surface area contributed by atoms with Gasteiger partial charge in [-0.15, -0.1) is 6.58 Å². The zero-order valence-electron chi connectivity index (χ0n) is 15.4. The van der Waals surface area contributed by atoms with Gasteiger partial charge in [0, 0.05) is 42.0 Å². The van der Waals surface area contributed by atoms with Crippen LogP contribution in [-0.2, 0) is 0 Å². The minimum absolute atomic E-state index is 0.604. The third-order valence-electron chi connectivity index (χ3n) is 6.44. The molecule has 3 aliphatic rings. The lowest BCUT2D eigenvalue weighted by Gasteiger charge is -2.43. The van der Waals surface area contributed by atoms with Crippen LogP contribution in [0.2, 0.25) is 0 Å². The summed E-state index contributed by atoms with van der Waals surface area (Å²) in [5.74, 6) is 2.88. The van der Waals surface area contributed by atoms with Crippen molar-refractivity contribution in [2.24, 2.45) is 23.7 Å². The van der Waals surface area contributed by atoms with Crippen molar-refractivity contribution >= 4 is 0 Å². The Morgan fingerprint density at radius 3 is 2.75 bits per heavy atom. The molecule has 1 N–H and O–H groups in total. The molecule has 2 aliphatic heterocycles. The van der Waals surface area contributed by atoms with Gasteiger partial charge in [-0.1, -0.05) is 25.3 Å². The molecule has 2 heteroatoms. The maximum Gasteiger partial charge on any atom is 0.0244 e. The Bertz CT molecular complexity index is 522. The van der Waals surface area contributed by atoms with Crippen molar-refractivity contribution in [2.75, 3.05) is 13.1 Å². The van der Waals surface area contributed by atoms with Crippen LogP contribution in [0.1, 0.15) is 51.9 Å². The van der Waals surface area contributed by atoms with E-state index in [4.69, 9.17) is 0 Å². The molecule has 0 radical (unpaired) electrons. The second-order valence-corrected chi connectivity index (χ2v) is 8.13. The quantitative estimate of drug-likeness (QED) is 0.696. The van der Waals surface area contributed by atoms with E-state index >= 15 is 0 Å². The van der Waals surface area contributed by atoms with Crippen LogP contribution < -0.4 is 5.32 Å². The van der Waals surface area contributed by atoms with E-state index < -0.39 is 0 Å². The highest BCUT2D eigenvalue weighted by Crippen LogP contribution is 2.36. The molecule has 2 nitrogen and oxygen atoms in total. The van der Waals surface area contributed by atoms with Gasteiger partial charge in [-0.2, -0.15) is 0 Å². The van der Waals surface area contributed by atoms with Gasteiger partial charge in [-0.05, 0) is 63.7 Å². The number of piperidine rings is 1. The summed E-state index contributed by atoms with van der Waals surface area (Å²) in [7, 11) is 0. The lowest BCUT2D eigenvalue weighted by Crippen LogP contribution is -2.43. The van der Waals surface area contributed by atoms with E-state index in [9.17, 15) is 0 Å². The van der Waals surface area contributed by atoms with Gasteiger partial charge in [-0.3, -0.25) is 0 Å². The monoisotopic (exact) mass is 326 g/mol. The fraction of sp³-hybridized carbons (Fsp3) is 0.636. The average molecular weight is 327 g/mol. The third-order valence-corrected chi connectivity index (χ3v) is 6.44. The van der Waals surface area contributed by atoms with Crippen LogP contribution in [0.25, 0.3) is 0 Å². The van der Waals surface area contributed by atoms with E-state index in [0.717, 1.165) is 24.9 Å². The van der Waals surface area contributed by atoms with E-state index in [2.05, 4.69) is 49.0 Å². The fourth-order valence-corrected chi connectivity index (χ4v) is 4.82. The zero-order chi connectivity index (χ0) is 17.1. The summed E-state index contributed by atoms with van der Waals surface area (Å²) in [6.07, 6.45) is 13.7. The van der Waals surface area contributed by atoms with Gasteiger partial charge in [0.25, 0.3) is 0 Å². The van der Waals surface area contributed by atoms with E-state index in [-0.39, 0.29) is 0 Å². The Kier molecular flexibility index (Phi) is 5.53. The lowest BCUT2D eigenvalue weighted by molar-refractivity contribution is 0.182. The van der Waals surface area contributed by atoms with Crippen molar-refractivity contribution in [3.8, 4) is 0 Å². The van der Waals surface area contributed by atoms with Crippen LogP contribution in [0.15, 0.2) is 49.0 Å². The summed E-state index contributed by atoms with van der Waals surface area (Å²) < 4.78 is 0. The molecule has 2 heterocycles. The Morgan fingerprint density at radius 1 is 1.29 bits per heavy atom. The molecule has 3 rings (SSSR count). The summed E-state index contributed by atoms with van der Waals surface area (Å²) >= 11 is 0. The van der Waals surface area contributed by atoms with Crippen molar-refractivity contribution in [3.63, 3.8) is 0 Å². The van der Waals surface area contributed by atoms with Gasteiger partial charge >= 0.3 is 0 Å². The molecule has 2 atom stereocenters. The zero-order valence-corrected chi connectivity index (χ0v) is 15.4. The first-order valence-corrected chi connectivity index (χ1v) is 9.76. The van der Waals surface area contributed by atoms with Crippen LogP contribution in [0, 0.1) is 23.7 Å². The molecule has 0 aromatic heterocycles. The number of nitrogens with zero attached hydrogens (tertiary/aromatic N) is 1. The Balaban J connectivity index is 1.47. The summed E-state index contributed by atoms with van der Waals surface area (Å²) in [5.41, 5.74) is 3.83. The first-order valence-electron chi connectivity index (χ1n) is 9.76. The molecular weight excluding hydrogens is 292 g/mol. The van der Waals surface area contributed by atoms with Crippen molar-refractivity contribution in [2.45, 2.75) is 51.9 Å². The normalized spacial score (nSPS) is 33.3. The molecule has 24 heavy (non-hydrogen) atoms. The average Bonchev–Trinajstić information content (AvgIpc) is 2.59. The summed E-state index contributed by atoms with van der Waals surface area (Å²) in [6, 6.07) is 0. The van der Waals surface area contributed by atoms with Crippen molar-refractivity contribution < 1.29 is 0 Å². The first kappa shape index (κ1) is 17.4. The molecular formula is C22H34N2. The summed E-state index contributed by atoms with van der Waals surface area (Å²) in [4.78, 5) is 2.54. The lowest BCUT2D eigenvalue weighted by atomic mass is 9.79. The number of hydrogen-bond acceptors (Lipinski definition) is 2. The molecule has 0 aromatic rings. The minimum Gasteiger partial charge on any atom is -0.375 e. The standard InChI is InChI=1S/C22H34N2/c1-5-19-8-10-20(11-9-19)7-6-17(3)24-13-12-22-18(4)23-16(2)14-21(22)15-24/h5,14,19-23H,1,3-4,6-13,15H2,2H3.